The van der Waals surface area contributed by atoms with Gasteiger partial charge < -0.3 is 15.0 Å². The standard InChI is InChI=1S/C36H38N4O2/c41-25-32(27-12-6-3-7-13-27)39-36(42)34(28-14-4-1-2-5-15-28)29-21-19-26(20-22-29)24-40-33-18-9-8-16-30(33)38-35(40)31-17-10-11-23-37-31/h3,6-13,16-23,28,32,34,41H,1-2,4-5,14-15,24-25H2,(H,39,42)/t32-,34?/m0/s1. The first-order valence-corrected chi connectivity index (χ1v) is 15.1. The van der Waals surface area contributed by atoms with Crippen LogP contribution in [-0.2, 0) is 11.3 Å². The number of fused-ring (bicyclic) bond motifs is 1. The fourth-order valence-electron chi connectivity index (χ4n) is 6.40. The van der Waals surface area contributed by atoms with Crippen LogP contribution in [0.3, 0.4) is 0 Å². The van der Waals surface area contributed by atoms with E-state index in [1.807, 2.05) is 66.7 Å². The van der Waals surface area contributed by atoms with E-state index >= 15 is 0 Å². The number of aliphatic hydroxyl groups excluding tert-OH is 1. The molecule has 42 heavy (non-hydrogen) atoms. The van der Waals surface area contributed by atoms with Crippen LogP contribution in [0.4, 0.5) is 0 Å². The van der Waals surface area contributed by atoms with Crippen molar-refractivity contribution in [2.75, 3.05) is 6.61 Å². The van der Waals surface area contributed by atoms with Crippen molar-refractivity contribution < 1.29 is 9.90 Å². The fraction of sp³-hybridized carbons (Fsp3) is 0.306. The minimum atomic E-state index is -0.425. The van der Waals surface area contributed by atoms with Gasteiger partial charge in [-0.25, -0.2) is 4.98 Å². The van der Waals surface area contributed by atoms with Crippen LogP contribution >= 0.6 is 0 Å². The minimum absolute atomic E-state index is 0.00408. The Bertz CT molecular complexity index is 1590. The molecule has 1 unspecified atom stereocenters. The summed E-state index contributed by atoms with van der Waals surface area (Å²) in [5.74, 6) is 0.859. The van der Waals surface area contributed by atoms with Crippen molar-refractivity contribution in [2.24, 2.45) is 5.92 Å². The zero-order valence-electron chi connectivity index (χ0n) is 23.9. The van der Waals surface area contributed by atoms with Gasteiger partial charge in [-0.05, 0) is 59.7 Å². The Labute approximate surface area is 247 Å². The summed E-state index contributed by atoms with van der Waals surface area (Å²) < 4.78 is 2.22. The lowest BCUT2D eigenvalue weighted by Crippen LogP contribution is -2.37. The molecule has 6 rings (SSSR count). The fourth-order valence-corrected chi connectivity index (χ4v) is 6.40. The van der Waals surface area contributed by atoms with Gasteiger partial charge in [0.15, 0.2) is 5.82 Å². The third-order valence-electron chi connectivity index (χ3n) is 8.58. The summed E-state index contributed by atoms with van der Waals surface area (Å²) in [7, 11) is 0. The maximum absolute atomic E-state index is 13.9. The summed E-state index contributed by atoms with van der Waals surface area (Å²) in [5.41, 5.74) is 5.93. The Hall–Kier alpha value is -4.29. The number of carbonyl (C=O) groups excluding carboxylic acids is 1. The molecule has 2 heterocycles. The van der Waals surface area contributed by atoms with Gasteiger partial charge >= 0.3 is 0 Å². The van der Waals surface area contributed by atoms with Crippen molar-refractivity contribution in [3.63, 3.8) is 0 Å². The molecule has 2 atom stereocenters. The van der Waals surface area contributed by atoms with E-state index in [0.717, 1.165) is 64.9 Å². The van der Waals surface area contributed by atoms with E-state index in [4.69, 9.17) is 4.98 Å². The van der Waals surface area contributed by atoms with Crippen LogP contribution in [0.2, 0.25) is 0 Å². The first kappa shape index (κ1) is 27.9. The van der Waals surface area contributed by atoms with Crippen molar-refractivity contribution >= 4 is 16.9 Å². The van der Waals surface area contributed by atoms with Gasteiger partial charge in [0.2, 0.25) is 5.91 Å². The van der Waals surface area contributed by atoms with Crippen LogP contribution in [0.15, 0.2) is 103 Å². The predicted molar refractivity (Wildman–Crippen MR) is 167 cm³/mol. The molecule has 2 aromatic heterocycles. The second kappa shape index (κ2) is 13.1. The molecule has 1 fully saturated rings. The molecule has 0 aliphatic heterocycles. The summed E-state index contributed by atoms with van der Waals surface area (Å²) in [6.45, 7) is 0.511. The van der Waals surface area contributed by atoms with Crippen LogP contribution < -0.4 is 5.32 Å². The largest absolute Gasteiger partial charge is 0.394 e. The van der Waals surface area contributed by atoms with Crippen LogP contribution in [0.1, 0.15) is 67.2 Å². The van der Waals surface area contributed by atoms with Gasteiger partial charge in [0.1, 0.15) is 5.69 Å². The molecule has 6 heteroatoms. The van der Waals surface area contributed by atoms with Crippen LogP contribution in [0, 0.1) is 5.92 Å². The first-order chi connectivity index (χ1) is 20.7. The van der Waals surface area contributed by atoms with Crippen LogP contribution in [-0.4, -0.2) is 32.2 Å². The molecule has 2 N–H and O–H groups in total. The number of pyridine rings is 1. The lowest BCUT2D eigenvalue weighted by atomic mass is 9.80. The second-order valence-electron chi connectivity index (χ2n) is 11.4. The highest BCUT2D eigenvalue weighted by Crippen LogP contribution is 2.36. The Morgan fingerprint density at radius 3 is 2.26 bits per heavy atom. The predicted octanol–water partition coefficient (Wildman–Crippen LogP) is 7.05. The smallest absolute Gasteiger partial charge is 0.228 e. The van der Waals surface area contributed by atoms with Gasteiger partial charge in [-0.1, -0.05) is 98.5 Å². The van der Waals surface area contributed by atoms with Crippen molar-refractivity contribution in [1.29, 1.82) is 0 Å². The highest BCUT2D eigenvalue weighted by atomic mass is 16.3. The number of amides is 1. The van der Waals surface area contributed by atoms with E-state index < -0.39 is 6.04 Å². The van der Waals surface area contributed by atoms with Gasteiger partial charge in [0.25, 0.3) is 0 Å². The summed E-state index contributed by atoms with van der Waals surface area (Å²) in [4.78, 5) is 23.4. The minimum Gasteiger partial charge on any atom is -0.394 e. The third kappa shape index (κ3) is 6.14. The molecule has 1 saturated carbocycles. The van der Waals surface area contributed by atoms with E-state index in [9.17, 15) is 9.90 Å². The number of nitrogens with zero attached hydrogens (tertiary/aromatic N) is 3. The molecule has 5 aromatic rings. The Morgan fingerprint density at radius 1 is 0.833 bits per heavy atom. The second-order valence-corrected chi connectivity index (χ2v) is 11.4. The van der Waals surface area contributed by atoms with Gasteiger partial charge in [0.05, 0.1) is 29.6 Å². The number of imidazole rings is 1. The van der Waals surface area contributed by atoms with Crippen LogP contribution in [0.5, 0.6) is 0 Å². The number of aromatic nitrogens is 3. The number of para-hydroxylation sites is 2. The van der Waals surface area contributed by atoms with Gasteiger partial charge in [-0.15, -0.1) is 0 Å². The Kier molecular flexibility index (Phi) is 8.71. The summed E-state index contributed by atoms with van der Waals surface area (Å²) in [6, 6.07) is 31.9. The SMILES string of the molecule is O=C(N[C@@H](CO)c1ccccc1)C(c1ccc(Cn2c(-c3ccccn3)nc3ccccc32)cc1)C1CCCCCC1. The van der Waals surface area contributed by atoms with Crippen molar-refractivity contribution in [3.05, 3.63) is 120 Å². The third-order valence-corrected chi connectivity index (χ3v) is 8.58. The topological polar surface area (TPSA) is 80.0 Å². The van der Waals surface area contributed by atoms with Crippen molar-refractivity contribution in [3.8, 4) is 11.5 Å². The highest BCUT2D eigenvalue weighted by Gasteiger charge is 2.32. The Morgan fingerprint density at radius 2 is 1.55 bits per heavy atom. The lowest BCUT2D eigenvalue weighted by molar-refractivity contribution is -0.125. The molecule has 1 amide bonds. The number of carbonyl (C=O) groups is 1. The summed E-state index contributed by atoms with van der Waals surface area (Å²) in [6.07, 6.45) is 8.64. The number of rotatable bonds is 9. The molecule has 214 valence electrons. The quantitative estimate of drug-likeness (QED) is 0.190. The molecule has 0 saturated heterocycles. The number of aliphatic hydroxyl groups is 1. The van der Waals surface area contributed by atoms with E-state index in [0.29, 0.717) is 6.54 Å². The van der Waals surface area contributed by atoms with Gasteiger partial charge in [-0.3, -0.25) is 9.78 Å². The average molecular weight is 559 g/mol. The maximum Gasteiger partial charge on any atom is 0.228 e. The number of nitrogens with one attached hydrogen (secondary N) is 1. The van der Waals surface area contributed by atoms with Crippen molar-refractivity contribution in [1.82, 2.24) is 19.9 Å². The molecule has 0 radical (unpaired) electrons. The molecule has 0 spiro atoms. The molecule has 6 nitrogen and oxygen atoms in total. The van der Waals surface area contributed by atoms with E-state index in [1.165, 1.54) is 12.8 Å². The molecule has 3 aromatic carbocycles. The maximum atomic E-state index is 13.9. The molecular weight excluding hydrogens is 520 g/mol. The van der Waals surface area contributed by atoms with E-state index in [-0.39, 0.29) is 24.3 Å². The van der Waals surface area contributed by atoms with Crippen LogP contribution in [0.25, 0.3) is 22.6 Å². The van der Waals surface area contributed by atoms with Gasteiger partial charge in [0, 0.05) is 12.7 Å². The zero-order valence-corrected chi connectivity index (χ0v) is 23.9. The number of hydrogen-bond acceptors (Lipinski definition) is 4. The first-order valence-electron chi connectivity index (χ1n) is 15.1. The van der Waals surface area contributed by atoms with Gasteiger partial charge in [-0.2, -0.15) is 0 Å². The zero-order chi connectivity index (χ0) is 28.7. The lowest BCUT2D eigenvalue weighted by Gasteiger charge is -2.28. The van der Waals surface area contributed by atoms with E-state index in [2.05, 4.69) is 45.2 Å². The number of hydrogen-bond donors (Lipinski definition) is 2. The summed E-state index contributed by atoms with van der Waals surface area (Å²) in [5, 5.41) is 13.3. The van der Waals surface area contributed by atoms with E-state index in [1.54, 1.807) is 6.20 Å². The molecule has 1 aliphatic rings. The average Bonchev–Trinajstić information content (AvgIpc) is 3.19. The van der Waals surface area contributed by atoms with Crippen molar-refractivity contribution in [2.45, 2.75) is 57.0 Å². The molecule has 0 bridgehead atoms. The normalized spacial score (nSPS) is 15.6. The summed E-state index contributed by atoms with van der Waals surface area (Å²) >= 11 is 0. The highest BCUT2D eigenvalue weighted by molar-refractivity contribution is 5.84. The number of benzene rings is 3. The monoisotopic (exact) mass is 558 g/mol. The Balaban J connectivity index is 1.29. The molecule has 1 aliphatic carbocycles. The molecular formula is C36H38N4O2.